The zero-order chi connectivity index (χ0) is 14.5. The average molecular weight is 273 g/mol. The summed E-state index contributed by atoms with van der Waals surface area (Å²) in [6.07, 6.45) is 4.33. The predicted molar refractivity (Wildman–Crippen MR) is 73.4 cm³/mol. The Morgan fingerprint density at radius 3 is 2.90 bits per heavy atom. The number of aryl methyl sites for hydroxylation is 1. The van der Waals surface area contributed by atoms with Crippen LogP contribution in [-0.2, 0) is 16.0 Å². The zero-order valence-corrected chi connectivity index (χ0v) is 11.0. The van der Waals surface area contributed by atoms with Crippen molar-refractivity contribution in [3.05, 3.63) is 47.9 Å². The van der Waals surface area contributed by atoms with E-state index in [0.717, 1.165) is 29.2 Å². The summed E-state index contributed by atoms with van der Waals surface area (Å²) in [5, 5.41) is 11.0. The SMILES string of the molecule is Cc1cccc2nc(CCNC(=O)/C=C/C(=O)O)cn12. The van der Waals surface area contributed by atoms with Gasteiger partial charge in [0.15, 0.2) is 0 Å². The van der Waals surface area contributed by atoms with Crippen molar-refractivity contribution in [1.29, 1.82) is 0 Å². The zero-order valence-electron chi connectivity index (χ0n) is 11.0. The maximum absolute atomic E-state index is 11.3. The summed E-state index contributed by atoms with van der Waals surface area (Å²) in [6.45, 7) is 2.41. The molecule has 2 rings (SSSR count). The molecule has 0 spiro atoms. The Kier molecular flexibility index (Phi) is 4.14. The van der Waals surface area contributed by atoms with Crippen molar-refractivity contribution in [2.75, 3.05) is 6.54 Å². The fourth-order valence-corrected chi connectivity index (χ4v) is 1.84. The number of rotatable bonds is 5. The fraction of sp³-hybridized carbons (Fsp3) is 0.214. The molecular weight excluding hydrogens is 258 g/mol. The number of carboxylic acids is 1. The minimum atomic E-state index is -1.14. The van der Waals surface area contributed by atoms with E-state index in [1.165, 1.54) is 0 Å². The van der Waals surface area contributed by atoms with Crippen molar-refractivity contribution in [2.24, 2.45) is 0 Å². The molecular formula is C14H15N3O3. The Morgan fingerprint density at radius 1 is 1.40 bits per heavy atom. The van der Waals surface area contributed by atoms with Crippen molar-refractivity contribution in [3.8, 4) is 0 Å². The van der Waals surface area contributed by atoms with Gasteiger partial charge in [0.2, 0.25) is 5.91 Å². The minimum Gasteiger partial charge on any atom is -0.478 e. The lowest BCUT2D eigenvalue weighted by Crippen LogP contribution is -2.23. The Hall–Kier alpha value is -2.63. The number of hydrogen-bond donors (Lipinski definition) is 2. The highest BCUT2D eigenvalue weighted by atomic mass is 16.4. The van der Waals surface area contributed by atoms with E-state index in [0.29, 0.717) is 13.0 Å². The molecule has 2 N–H and O–H groups in total. The van der Waals surface area contributed by atoms with E-state index in [9.17, 15) is 9.59 Å². The van der Waals surface area contributed by atoms with Crippen LogP contribution in [-0.4, -0.2) is 32.9 Å². The molecule has 1 amide bonds. The third kappa shape index (κ3) is 3.44. The normalized spacial score (nSPS) is 11.1. The van der Waals surface area contributed by atoms with E-state index in [1.807, 2.05) is 35.7 Å². The molecule has 0 aliphatic carbocycles. The van der Waals surface area contributed by atoms with Gasteiger partial charge < -0.3 is 14.8 Å². The molecule has 0 saturated heterocycles. The number of amides is 1. The maximum Gasteiger partial charge on any atom is 0.328 e. The average Bonchev–Trinajstić information content (AvgIpc) is 2.81. The van der Waals surface area contributed by atoms with Crippen molar-refractivity contribution < 1.29 is 14.7 Å². The van der Waals surface area contributed by atoms with Crippen molar-refractivity contribution in [3.63, 3.8) is 0 Å². The third-order valence-electron chi connectivity index (χ3n) is 2.80. The molecule has 0 saturated carbocycles. The van der Waals surface area contributed by atoms with Crippen LogP contribution in [0.25, 0.3) is 5.65 Å². The van der Waals surface area contributed by atoms with E-state index in [4.69, 9.17) is 5.11 Å². The first-order chi connectivity index (χ1) is 9.56. The quantitative estimate of drug-likeness (QED) is 0.794. The second-order valence-electron chi connectivity index (χ2n) is 4.34. The smallest absolute Gasteiger partial charge is 0.328 e. The van der Waals surface area contributed by atoms with E-state index < -0.39 is 11.9 Å². The van der Waals surface area contributed by atoms with Gasteiger partial charge >= 0.3 is 5.97 Å². The molecule has 0 aromatic carbocycles. The summed E-state index contributed by atoms with van der Waals surface area (Å²) >= 11 is 0. The number of carbonyl (C=O) groups is 2. The standard InChI is InChI=1S/C14H15N3O3/c1-10-3-2-4-12-16-11(9-17(10)12)7-8-15-13(18)5-6-14(19)20/h2-6,9H,7-8H2,1H3,(H,15,18)(H,19,20)/b6-5+. The minimum absolute atomic E-state index is 0.408. The summed E-state index contributed by atoms with van der Waals surface area (Å²) in [7, 11) is 0. The van der Waals surface area contributed by atoms with Gasteiger partial charge in [-0.3, -0.25) is 4.79 Å². The lowest BCUT2D eigenvalue weighted by molar-refractivity contribution is -0.131. The van der Waals surface area contributed by atoms with Crippen LogP contribution < -0.4 is 5.32 Å². The number of carboxylic acid groups (broad SMARTS) is 1. The number of nitrogens with one attached hydrogen (secondary N) is 1. The number of fused-ring (bicyclic) bond motifs is 1. The van der Waals surface area contributed by atoms with Gasteiger partial charge in [0.1, 0.15) is 5.65 Å². The number of hydrogen-bond acceptors (Lipinski definition) is 3. The van der Waals surface area contributed by atoms with Crippen molar-refractivity contribution >= 4 is 17.5 Å². The summed E-state index contributed by atoms with van der Waals surface area (Å²) < 4.78 is 1.99. The van der Waals surface area contributed by atoms with Crippen LogP contribution in [0.1, 0.15) is 11.4 Å². The van der Waals surface area contributed by atoms with Gasteiger partial charge in [0, 0.05) is 37.0 Å². The molecule has 2 aromatic rings. The number of aromatic nitrogens is 2. The monoisotopic (exact) mass is 273 g/mol. The maximum atomic E-state index is 11.3. The predicted octanol–water partition coefficient (Wildman–Crippen LogP) is 0.942. The Labute approximate surface area is 115 Å². The van der Waals surface area contributed by atoms with Crippen LogP contribution in [0.15, 0.2) is 36.5 Å². The van der Waals surface area contributed by atoms with Gasteiger partial charge in [-0.1, -0.05) is 6.07 Å². The molecule has 0 atom stereocenters. The molecule has 6 heteroatoms. The van der Waals surface area contributed by atoms with Crippen LogP contribution in [0.4, 0.5) is 0 Å². The van der Waals surface area contributed by atoms with Gasteiger partial charge in [-0.05, 0) is 19.1 Å². The topological polar surface area (TPSA) is 83.7 Å². The largest absolute Gasteiger partial charge is 0.478 e. The lowest BCUT2D eigenvalue weighted by Gasteiger charge is -1.99. The molecule has 104 valence electrons. The molecule has 6 nitrogen and oxygen atoms in total. The van der Waals surface area contributed by atoms with Crippen LogP contribution in [0, 0.1) is 6.92 Å². The molecule has 0 bridgehead atoms. The Bertz CT molecular complexity index is 673. The van der Waals surface area contributed by atoms with Crippen molar-refractivity contribution in [1.82, 2.24) is 14.7 Å². The first-order valence-electron chi connectivity index (χ1n) is 6.18. The second kappa shape index (κ2) is 6.01. The van der Waals surface area contributed by atoms with Crippen LogP contribution >= 0.6 is 0 Å². The first-order valence-corrected chi connectivity index (χ1v) is 6.18. The lowest BCUT2D eigenvalue weighted by atomic mass is 10.3. The summed E-state index contributed by atoms with van der Waals surface area (Å²) in [6, 6.07) is 5.86. The van der Waals surface area contributed by atoms with Gasteiger partial charge in [0.05, 0.1) is 5.69 Å². The molecule has 0 aliphatic heterocycles. The number of carbonyl (C=O) groups excluding carboxylic acids is 1. The molecule has 20 heavy (non-hydrogen) atoms. The summed E-state index contributed by atoms with van der Waals surface area (Å²) in [5.41, 5.74) is 2.84. The highest BCUT2D eigenvalue weighted by molar-refractivity contribution is 5.93. The fourth-order valence-electron chi connectivity index (χ4n) is 1.84. The number of pyridine rings is 1. The van der Waals surface area contributed by atoms with Gasteiger partial charge in [-0.2, -0.15) is 0 Å². The van der Waals surface area contributed by atoms with Crippen LogP contribution in [0.5, 0.6) is 0 Å². The molecule has 0 fully saturated rings. The summed E-state index contributed by atoms with van der Waals surface area (Å²) in [4.78, 5) is 26.0. The first kappa shape index (κ1) is 13.8. The summed E-state index contributed by atoms with van der Waals surface area (Å²) in [5.74, 6) is -1.57. The number of aliphatic carboxylic acids is 1. The number of nitrogens with zero attached hydrogens (tertiary/aromatic N) is 2. The number of imidazole rings is 1. The van der Waals surface area contributed by atoms with Gasteiger partial charge in [-0.25, -0.2) is 9.78 Å². The van der Waals surface area contributed by atoms with Crippen molar-refractivity contribution in [2.45, 2.75) is 13.3 Å². The molecule has 0 aliphatic rings. The molecule has 0 radical (unpaired) electrons. The third-order valence-corrected chi connectivity index (χ3v) is 2.80. The van der Waals surface area contributed by atoms with Crippen LogP contribution in [0.2, 0.25) is 0 Å². The van der Waals surface area contributed by atoms with E-state index in [-0.39, 0.29) is 0 Å². The Balaban J connectivity index is 1.92. The molecule has 0 unspecified atom stereocenters. The molecule has 2 aromatic heterocycles. The van der Waals surface area contributed by atoms with Gasteiger partial charge in [-0.15, -0.1) is 0 Å². The second-order valence-corrected chi connectivity index (χ2v) is 4.34. The van der Waals surface area contributed by atoms with Gasteiger partial charge in [0.25, 0.3) is 0 Å². The van der Waals surface area contributed by atoms with Crippen LogP contribution in [0.3, 0.4) is 0 Å². The van der Waals surface area contributed by atoms with E-state index in [2.05, 4.69) is 10.3 Å². The highest BCUT2D eigenvalue weighted by Crippen LogP contribution is 2.08. The highest BCUT2D eigenvalue weighted by Gasteiger charge is 2.03. The van der Waals surface area contributed by atoms with E-state index in [1.54, 1.807) is 0 Å². The Morgan fingerprint density at radius 2 is 2.20 bits per heavy atom. The molecule has 2 heterocycles. The van der Waals surface area contributed by atoms with E-state index >= 15 is 0 Å².